The minimum absolute atomic E-state index is 0.407. The van der Waals surface area contributed by atoms with Gasteiger partial charge in [0.15, 0.2) is 0 Å². The molecule has 3 N–H and O–H groups in total. The number of nitrogens with two attached hydrogens (primary N) is 1. The zero-order valence-electron chi connectivity index (χ0n) is 15.4. The molecule has 2 rings (SSSR count). The van der Waals surface area contributed by atoms with Crippen molar-refractivity contribution in [3.8, 4) is 11.5 Å². The number of rotatable bonds is 8. The second-order valence-electron chi connectivity index (χ2n) is 6.20. The average molecular weight is 355 g/mol. The Labute approximate surface area is 154 Å². The number of carbonyl (C=O) groups excluding carboxylic acids is 1. The van der Waals surface area contributed by atoms with Gasteiger partial charge in [-0.1, -0.05) is 26.0 Å². The Balaban J connectivity index is 1.82. The van der Waals surface area contributed by atoms with Gasteiger partial charge in [-0.2, -0.15) is 5.10 Å². The Morgan fingerprint density at radius 3 is 2.50 bits per heavy atom. The highest BCUT2D eigenvalue weighted by molar-refractivity contribution is 5.81. The van der Waals surface area contributed by atoms with Crippen LogP contribution in [0, 0.1) is 6.92 Å². The molecule has 26 heavy (non-hydrogen) atoms. The van der Waals surface area contributed by atoms with Crippen LogP contribution in [0.25, 0.3) is 0 Å². The van der Waals surface area contributed by atoms with Gasteiger partial charge >= 0.3 is 6.03 Å². The van der Waals surface area contributed by atoms with Crippen LogP contribution in [-0.2, 0) is 0 Å². The molecule has 0 spiro atoms. The van der Waals surface area contributed by atoms with Crippen molar-refractivity contribution in [1.29, 1.82) is 0 Å². The number of hydrazone groups is 1. The van der Waals surface area contributed by atoms with Crippen LogP contribution >= 0.6 is 0 Å². The summed E-state index contributed by atoms with van der Waals surface area (Å²) in [5, 5.41) is 3.70. The van der Waals surface area contributed by atoms with E-state index >= 15 is 0 Å². The van der Waals surface area contributed by atoms with E-state index in [0.717, 1.165) is 17.1 Å². The summed E-state index contributed by atoms with van der Waals surface area (Å²) in [7, 11) is 0. The lowest BCUT2D eigenvalue weighted by atomic mass is 10.0. The normalized spacial score (nSPS) is 10.9. The van der Waals surface area contributed by atoms with Gasteiger partial charge in [-0.15, -0.1) is 0 Å². The molecule has 0 aliphatic rings. The van der Waals surface area contributed by atoms with Gasteiger partial charge in [0.25, 0.3) is 0 Å². The largest absolute Gasteiger partial charge is 0.490 e. The van der Waals surface area contributed by atoms with Crippen LogP contribution in [0.2, 0.25) is 0 Å². The Morgan fingerprint density at radius 1 is 1.15 bits per heavy atom. The van der Waals surface area contributed by atoms with Gasteiger partial charge in [-0.25, -0.2) is 10.2 Å². The van der Waals surface area contributed by atoms with Gasteiger partial charge in [-0.05, 0) is 59.9 Å². The van der Waals surface area contributed by atoms with Crippen molar-refractivity contribution in [1.82, 2.24) is 5.43 Å². The van der Waals surface area contributed by atoms with Gasteiger partial charge in [0.2, 0.25) is 0 Å². The first kappa shape index (κ1) is 19.3. The maximum absolute atomic E-state index is 10.5. The molecule has 0 aromatic heterocycles. The zero-order chi connectivity index (χ0) is 18.9. The molecule has 0 radical (unpaired) electrons. The molecular formula is C20H25N3O3. The maximum Gasteiger partial charge on any atom is 0.332 e. The highest BCUT2D eigenvalue weighted by Gasteiger charge is 2.08. The maximum atomic E-state index is 10.5. The molecule has 0 heterocycles. The molecule has 6 heteroatoms. The molecule has 0 aliphatic heterocycles. The second-order valence-corrected chi connectivity index (χ2v) is 6.20. The summed E-state index contributed by atoms with van der Waals surface area (Å²) in [6.45, 7) is 7.27. The average Bonchev–Trinajstić information content (AvgIpc) is 2.59. The molecule has 0 atom stereocenters. The summed E-state index contributed by atoms with van der Waals surface area (Å²) in [5.74, 6) is 2.06. The summed E-state index contributed by atoms with van der Waals surface area (Å²) in [6, 6.07) is 12.9. The van der Waals surface area contributed by atoms with E-state index in [1.807, 2.05) is 24.3 Å². The molecule has 0 saturated heterocycles. The minimum atomic E-state index is -0.699. The van der Waals surface area contributed by atoms with E-state index in [1.165, 1.54) is 17.3 Å². The fourth-order valence-corrected chi connectivity index (χ4v) is 2.38. The van der Waals surface area contributed by atoms with Crippen LogP contribution < -0.4 is 20.6 Å². The van der Waals surface area contributed by atoms with Crippen LogP contribution in [0.4, 0.5) is 4.79 Å². The lowest BCUT2D eigenvalue weighted by Gasteiger charge is -2.15. The van der Waals surface area contributed by atoms with Crippen molar-refractivity contribution in [3.05, 3.63) is 59.2 Å². The van der Waals surface area contributed by atoms with E-state index in [9.17, 15) is 4.79 Å². The van der Waals surface area contributed by atoms with Gasteiger partial charge in [0.1, 0.15) is 24.7 Å². The van der Waals surface area contributed by atoms with E-state index in [4.69, 9.17) is 15.2 Å². The smallest absolute Gasteiger partial charge is 0.332 e. The van der Waals surface area contributed by atoms with E-state index in [0.29, 0.717) is 19.1 Å². The molecular weight excluding hydrogens is 330 g/mol. The highest BCUT2D eigenvalue weighted by atomic mass is 16.5. The third kappa shape index (κ3) is 6.12. The second kappa shape index (κ2) is 9.46. The van der Waals surface area contributed by atoms with Crippen molar-refractivity contribution < 1.29 is 14.3 Å². The van der Waals surface area contributed by atoms with Gasteiger partial charge in [0.05, 0.1) is 6.21 Å². The molecule has 0 saturated carbocycles. The number of primary amides is 1. The SMILES string of the molecule is Cc1ccc(C(C)C)c(OCCOc2ccc(/C=N/NC(N)=O)cc2)c1. The van der Waals surface area contributed by atoms with Crippen molar-refractivity contribution in [2.24, 2.45) is 10.8 Å². The summed E-state index contributed by atoms with van der Waals surface area (Å²) >= 11 is 0. The van der Waals surface area contributed by atoms with Crippen LogP contribution in [0.1, 0.15) is 36.5 Å². The third-order valence-corrected chi connectivity index (χ3v) is 3.67. The quantitative estimate of drug-likeness (QED) is 0.431. The van der Waals surface area contributed by atoms with E-state index < -0.39 is 6.03 Å². The predicted octanol–water partition coefficient (Wildman–Crippen LogP) is 3.58. The molecule has 2 amide bonds. The Kier molecular flexibility index (Phi) is 7.02. The number of amides is 2. The molecule has 2 aromatic carbocycles. The summed E-state index contributed by atoms with van der Waals surface area (Å²) in [4.78, 5) is 10.5. The first-order valence-electron chi connectivity index (χ1n) is 8.50. The third-order valence-electron chi connectivity index (χ3n) is 3.67. The molecule has 2 aromatic rings. The summed E-state index contributed by atoms with van der Waals surface area (Å²) in [6.07, 6.45) is 1.50. The fourth-order valence-electron chi connectivity index (χ4n) is 2.38. The molecule has 0 bridgehead atoms. The van der Waals surface area contributed by atoms with Crippen LogP contribution in [0.5, 0.6) is 11.5 Å². The number of aryl methyl sites for hydroxylation is 1. The van der Waals surface area contributed by atoms with E-state index in [2.05, 4.69) is 49.5 Å². The van der Waals surface area contributed by atoms with Crippen LogP contribution in [0.15, 0.2) is 47.6 Å². The summed E-state index contributed by atoms with van der Waals surface area (Å²) in [5.41, 5.74) is 10.3. The van der Waals surface area contributed by atoms with Crippen LogP contribution in [0.3, 0.4) is 0 Å². The van der Waals surface area contributed by atoms with E-state index in [-0.39, 0.29) is 0 Å². The van der Waals surface area contributed by atoms with Gasteiger partial charge < -0.3 is 15.2 Å². The molecule has 0 unspecified atom stereocenters. The Hall–Kier alpha value is -3.02. The van der Waals surface area contributed by atoms with Gasteiger partial charge in [0, 0.05) is 0 Å². The monoisotopic (exact) mass is 355 g/mol. The molecule has 0 aliphatic carbocycles. The number of nitrogens with zero attached hydrogens (tertiary/aromatic N) is 1. The van der Waals surface area contributed by atoms with E-state index in [1.54, 1.807) is 0 Å². The number of benzene rings is 2. The fraction of sp³-hybridized carbons (Fsp3) is 0.300. The number of hydrogen-bond donors (Lipinski definition) is 2. The predicted molar refractivity (Wildman–Crippen MR) is 103 cm³/mol. The number of urea groups is 1. The topological polar surface area (TPSA) is 85.9 Å². The highest BCUT2D eigenvalue weighted by Crippen LogP contribution is 2.27. The molecule has 138 valence electrons. The molecule has 0 fully saturated rings. The number of carbonyl (C=O) groups is 1. The van der Waals surface area contributed by atoms with Crippen molar-refractivity contribution >= 4 is 12.2 Å². The first-order valence-corrected chi connectivity index (χ1v) is 8.50. The minimum Gasteiger partial charge on any atom is -0.490 e. The Morgan fingerprint density at radius 2 is 1.85 bits per heavy atom. The zero-order valence-corrected chi connectivity index (χ0v) is 15.4. The number of hydrogen-bond acceptors (Lipinski definition) is 4. The first-order chi connectivity index (χ1) is 12.5. The number of ether oxygens (including phenoxy) is 2. The lowest BCUT2D eigenvalue weighted by Crippen LogP contribution is -2.24. The number of nitrogens with one attached hydrogen (secondary N) is 1. The lowest BCUT2D eigenvalue weighted by molar-refractivity contribution is 0.215. The molecule has 6 nitrogen and oxygen atoms in total. The van der Waals surface area contributed by atoms with Crippen molar-refractivity contribution in [2.75, 3.05) is 13.2 Å². The summed E-state index contributed by atoms with van der Waals surface area (Å²) < 4.78 is 11.6. The van der Waals surface area contributed by atoms with Gasteiger partial charge in [-0.3, -0.25) is 0 Å². The van der Waals surface area contributed by atoms with Crippen LogP contribution in [-0.4, -0.2) is 25.5 Å². The Bertz CT molecular complexity index is 755. The van der Waals surface area contributed by atoms with Crippen molar-refractivity contribution in [2.45, 2.75) is 26.7 Å². The standard InChI is InChI=1S/C20H25N3O3/c1-14(2)18-9-4-15(3)12-19(18)26-11-10-25-17-7-5-16(6-8-17)13-22-23-20(21)24/h4-9,12-14H,10-11H2,1-3H3,(H3,21,23,24)/b22-13+. The van der Waals surface area contributed by atoms with Crippen molar-refractivity contribution in [3.63, 3.8) is 0 Å².